The number of hydrogen-bond donors (Lipinski definition) is 0. The average Bonchev–Trinajstić information content (AvgIpc) is 3.05. The predicted octanol–water partition coefficient (Wildman–Crippen LogP) is 4.61. The van der Waals surface area contributed by atoms with E-state index in [0.717, 1.165) is 5.56 Å². The van der Waals surface area contributed by atoms with Gasteiger partial charge in [0.25, 0.3) is 0 Å². The van der Waals surface area contributed by atoms with Crippen molar-refractivity contribution in [1.29, 1.82) is 0 Å². The summed E-state index contributed by atoms with van der Waals surface area (Å²) in [5.74, 6) is -0.0704. The molecule has 0 atom stereocenters. The number of carbonyl (C=O) groups is 2. The summed E-state index contributed by atoms with van der Waals surface area (Å²) < 4.78 is 21.7. The molecule has 146 valence electrons. The van der Waals surface area contributed by atoms with Gasteiger partial charge < -0.3 is 18.6 Å². The number of fused-ring (bicyclic) bond motifs is 1. The number of furan rings is 1. The molecule has 3 rings (SSSR count). The standard InChI is InChI=1S/C22H22O6/c1-4-25-22(24)20-17-12-16(26-13-19(23)27-14(2)3)10-11-18(17)28-21(20)15-8-6-5-7-9-15/h5-12,14H,4,13H2,1-3H3. The molecule has 28 heavy (non-hydrogen) atoms. The van der Waals surface area contributed by atoms with E-state index >= 15 is 0 Å². The number of carbonyl (C=O) groups excluding carboxylic acids is 2. The first-order valence-corrected chi connectivity index (χ1v) is 9.11. The first-order valence-electron chi connectivity index (χ1n) is 9.11. The zero-order valence-corrected chi connectivity index (χ0v) is 16.1. The van der Waals surface area contributed by atoms with E-state index in [-0.39, 0.29) is 19.3 Å². The van der Waals surface area contributed by atoms with Crippen LogP contribution in [0.5, 0.6) is 5.75 Å². The molecule has 1 heterocycles. The van der Waals surface area contributed by atoms with Gasteiger partial charge in [0.1, 0.15) is 22.7 Å². The van der Waals surface area contributed by atoms with Gasteiger partial charge in [0.05, 0.1) is 12.7 Å². The molecule has 6 heteroatoms. The van der Waals surface area contributed by atoms with Crippen molar-refractivity contribution in [2.75, 3.05) is 13.2 Å². The van der Waals surface area contributed by atoms with Crippen molar-refractivity contribution in [3.05, 3.63) is 54.1 Å². The number of hydrogen-bond acceptors (Lipinski definition) is 6. The fraction of sp³-hybridized carbons (Fsp3) is 0.273. The van der Waals surface area contributed by atoms with E-state index in [2.05, 4.69) is 0 Å². The van der Waals surface area contributed by atoms with Crippen molar-refractivity contribution in [3.8, 4) is 17.1 Å². The zero-order chi connectivity index (χ0) is 20.1. The van der Waals surface area contributed by atoms with Gasteiger partial charge in [-0.25, -0.2) is 9.59 Å². The quantitative estimate of drug-likeness (QED) is 0.556. The lowest BCUT2D eigenvalue weighted by Crippen LogP contribution is -2.18. The van der Waals surface area contributed by atoms with E-state index in [1.807, 2.05) is 30.3 Å². The highest BCUT2D eigenvalue weighted by molar-refractivity contribution is 6.09. The SMILES string of the molecule is CCOC(=O)c1c(-c2ccccc2)oc2ccc(OCC(=O)OC(C)C)cc12. The van der Waals surface area contributed by atoms with Crippen LogP contribution in [0.15, 0.2) is 52.9 Å². The monoisotopic (exact) mass is 382 g/mol. The minimum Gasteiger partial charge on any atom is -0.482 e. The van der Waals surface area contributed by atoms with Crippen LogP contribution < -0.4 is 4.74 Å². The molecule has 3 aromatic rings. The highest BCUT2D eigenvalue weighted by atomic mass is 16.6. The smallest absolute Gasteiger partial charge is 0.344 e. The third-order valence-electron chi connectivity index (χ3n) is 3.90. The lowest BCUT2D eigenvalue weighted by molar-refractivity contribution is -0.149. The first-order chi connectivity index (χ1) is 13.5. The van der Waals surface area contributed by atoms with Gasteiger partial charge in [-0.15, -0.1) is 0 Å². The third-order valence-corrected chi connectivity index (χ3v) is 3.90. The molecule has 0 spiro atoms. The number of esters is 2. The van der Waals surface area contributed by atoms with Crippen molar-refractivity contribution in [2.24, 2.45) is 0 Å². The van der Waals surface area contributed by atoms with Crippen LogP contribution in [-0.2, 0) is 14.3 Å². The summed E-state index contributed by atoms with van der Waals surface area (Å²) in [4.78, 5) is 24.3. The molecule has 0 aliphatic rings. The molecule has 0 saturated carbocycles. The van der Waals surface area contributed by atoms with Gasteiger partial charge in [-0.1, -0.05) is 30.3 Å². The Morgan fingerprint density at radius 1 is 1.07 bits per heavy atom. The molecule has 0 amide bonds. The van der Waals surface area contributed by atoms with Gasteiger partial charge in [-0.3, -0.25) is 0 Å². The molecule has 0 aliphatic heterocycles. The average molecular weight is 382 g/mol. The second-order valence-corrected chi connectivity index (χ2v) is 6.38. The molecule has 0 aliphatic carbocycles. The van der Waals surface area contributed by atoms with Crippen LogP contribution in [0.3, 0.4) is 0 Å². The van der Waals surface area contributed by atoms with Crippen LogP contribution in [0.2, 0.25) is 0 Å². The van der Waals surface area contributed by atoms with Gasteiger partial charge >= 0.3 is 11.9 Å². The first kappa shape index (κ1) is 19.5. The van der Waals surface area contributed by atoms with E-state index in [0.29, 0.717) is 28.0 Å². The Balaban J connectivity index is 1.98. The Bertz CT molecular complexity index is 971. The van der Waals surface area contributed by atoms with E-state index in [9.17, 15) is 9.59 Å². The Kier molecular flexibility index (Phi) is 5.99. The number of benzene rings is 2. The van der Waals surface area contributed by atoms with Crippen LogP contribution in [0.1, 0.15) is 31.1 Å². The Labute approximate surface area is 163 Å². The van der Waals surface area contributed by atoms with Crippen LogP contribution in [0.4, 0.5) is 0 Å². The van der Waals surface area contributed by atoms with Crippen molar-refractivity contribution < 1.29 is 28.2 Å². The van der Waals surface area contributed by atoms with Crippen LogP contribution >= 0.6 is 0 Å². The van der Waals surface area contributed by atoms with Crippen LogP contribution in [-0.4, -0.2) is 31.3 Å². The van der Waals surface area contributed by atoms with E-state index in [1.165, 1.54) is 0 Å². The molecular formula is C22H22O6. The van der Waals surface area contributed by atoms with E-state index in [4.69, 9.17) is 18.6 Å². The summed E-state index contributed by atoms with van der Waals surface area (Å²) in [7, 11) is 0. The number of rotatable bonds is 7. The van der Waals surface area contributed by atoms with Gasteiger partial charge in [0, 0.05) is 10.9 Å². The van der Waals surface area contributed by atoms with Crippen molar-refractivity contribution in [3.63, 3.8) is 0 Å². The maximum Gasteiger partial charge on any atom is 0.344 e. The minimum atomic E-state index is -0.475. The van der Waals surface area contributed by atoms with Gasteiger partial charge in [0.2, 0.25) is 0 Å². The minimum absolute atomic E-state index is 0.212. The molecule has 2 aromatic carbocycles. The topological polar surface area (TPSA) is 75.0 Å². The van der Waals surface area contributed by atoms with Crippen molar-refractivity contribution >= 4 is 22.9 Å². The van der Waals surface area contributed by atoms with Crippen LogP contribution in [0.25, 0.3) is 22.3 Å². The summed E-state index contributed by atoms with van der Waals surface area (Å²) in [6, 6.07) is 14.4. The second-order valence-electron chi connectivity index (χ2n) is 6.38. The van der Waals surface area contributed by atoms with Crippen molar-refractivity contribution in [1.82, 2.24) is 0 Å². The Hall–Kier alpha value is -3.28. The fourth-order valence-corrected chi connectivity index (χ4v) is 2.80. The molecule has 0 radical (unpaired) electrons. The Morgan fingerprint density at radius 2 is 1.82 bits per heavy atom. The molecule has 0 unspecified atom stereocenters. The van der Waals surface area contributed by atoms with Crippen molar-refractivity contribution in [2.45, 2.75) is 26.9 Å². The fourth-order valence-electron chi connectivity index (χ4n) is 2.80. The van der Waals surface area contributed by atoms with E-state index in [1.54, 1.807) is 39.0 Å². The summed E-state index contributed by atoms with van der Waals surface area (Å²) in [6.07, 6.45) is -0.212. The summed E-state index contributed by atoms with van der Waals surface area (Å²) in [6.45, 7) is 5.31. The summed E-state index contributed by atoms with van der Waals surface area (Å²) in [5, 5.41) is 0.562. The van der Waals surface area contributed by atoms with Crippen LogP contribution in [0, 0.1) is 0 Å². The van der Waals surface area contributed by atoms with E-state index < -0.39 is 11.9 Å². The molecule has 1 aromatic heterocycles. The van der Waals surface area contributed by atoms with Gasteiger partial charge in [0.15, 0.2) is 6.61 Å². The molecule has 0 bridgehead atoms. The molecule has 6 nitrogen and oxygen atoms in total. The maximum atomic E-state index is 12.6. The van der Waals surface area contributed by atoms with Gasteiger partial charge in [-0.05, 0) is 39.0 Å². The highest BCUT2D eigenvalue weighted by Crippen LogP contribution is 2.36. The third kappa shape index (κ3) is 4.34. The second kappa shape index (κ2) is 8.61. The maximum absolute atomic E-state index is 12.6. The van der Waals surface area contributed by atoms with Gasteiger partial charge in [-0.2, -0.15) is 0 Å². The molecular weight excluding hydrogens is 360 g/mol. The summed E-state index contributed by atoms with van der Waals surface area (Å²) in [5.41, 5.74) is 1.63. The lowest BCUT2D eigenvalue weighted by atomic mass is 10.1. The number of ether oxygens (including phenoxy) is 3. The normalized spacial score (nSPS) is 10.9. The highest BCUT2D eigenvalue weighted by Gasteiger charge is 2.23. The molecule has 0 saturated heterocycles. The largest absolute Gasteiger partial charge is 0.482 e. The lowest BCUT2D eigenvalue weighted by Gasteiger charge is -2.09. The predicted molar refractivity (Wildman–Crippen MR) is 104 cm³/mol. The molecule has 0 fully saturated rings. The summed E-state index contributed by atoms with van der Waals surface area (Å²) >= 11 is 0. The zero-order valence-electron chi connectivity index (χ0n) is 16.1. The Morgan fingerprint density at radius 3 is 2.50 bits per heavy atom. The molecule has 0 N–H and O–H groups in total.